The van der Waals surface area contributed by atoms with E-state index in [1.165, 1.54) is 13.2 Å². The van der Waals surface area contributed by atoms with Gasteiger partial charge in [-0.3, -0.25) is 0 Å². The Hall–Kier alpha value is -2.84. The largest absolute Gasteiger partial charge is 0.491 e. The molecule has 9 heteroatoms. The van der Waals surface area contributed by atoms with Gasteiger partial charge < -0.3 is 18.6 Å². The molecule has 0 unspecified atom stereocenters. The molecule has 0 saturated carbocycles. The maximum absolute atomic E-state index is 12.0. The molecule has 30 heavy (non-hydrogen) atoms. The predicted octanol–water partition coefficient (Wildman–Crippen LogP) is 5.32. The molecule has 0 fully saturated rings. The van der Waals surface area contributed by atoms with E-state index in [-0.39, 0.29) is 12.5 Å². The van der Waals surface area contributed by atoms with Gasteiger partial charge in [0.05, 0.1) is 24.3 Å². The number of carbonyl (C=O) groups is 1. The van der Waals surface area contributed by atoms with Crippen molar-refractivity contribution in [2.75, 3.05) is 13.7 Å². The SMILES string of the molecule is CCOc1cc(C=CC(=O)OCc2nnc(-c3ccccc3Br)o2)cc(Cl)c1OC. The molecule has 3 aromatic rings. The van der Waals surface area contributed by atoms with Crippen molar-refractivity contribution in [2.24, 2.45) is 0 Å². The van der Waals surface area contributed by atoms with Crippen LogP contribution in [-0.4, -0.2) is 29.9 Å². The van der Waals surface area contributed by atoms with E-state index in [1.54, 1.807) is 18.2 Å². The van der Waals surface area contributed by atoms with Gasteiger partial charge in [-0.15, -0.1) is 10.2 Å². The van der Waals surface area contributed by atoms with Gasteiger partial charge >= 0.3 is 5.97 Å². The molecule has 0 aliphatic carbocycles. The van der Waals surface area contributed by atoms with Crippen LogP contribution in [0, 0.1) is 0 Å². The van der Waals surface area contributed by atoms with Crippen LogP contribution < -0.4 is 9.47 Å². The molecule has 156 valence electrons. The second-order valence-electron chi connectivity index (χ2n) is 5.89. The fraction of sp³-hybridized carbons (Fsp3) is 0.190. The minimum atomic E-state index is -0.569. The summed E-state index contributed by atoms with van der Waals surface area (Å²) in [5.41, 5.74) is 1.42. The third-order valence-corrected chi connectivity index (χ3v) is 4.83. The Balaban J connectivity index is 1.63. The lowest BCUT2D eigenvalue weighted by Crippen LogP contribution is -2.01. The quantitative estimate of drug-likeness (QED) is 0.310. The molecule has 0 aliphatic heterocycles. The highest BCUT2D eigenvalue weighted by Gasteiger charge is 2.13. The van der Waals surface area contributed by atoms with Gasteiger partial charge in [0, 0.05) is 10.5 Å². The normalized spacial score (nSPS) is 10.9. The highest BCUT2D eigenvalue weighted by atomic mass is 79.9. The van der Waals surface area contributed by atoms with E-state index in [4.69, 9.17) is 30.2 Å². The van der Waals surface area contributed by atoms with Crippen molar-refractivity contribution in [2.45, 2.75) is 13.5 Å². The van der Waals surface area contributed by atoms with Gasteiger partial charge in [0.25, 0.3) is 5.89 Å². The molecular formula is C21H18BrClN2O5. The maximum atomic E-state index is 12.0. The first-order chi connectivity index (χ1) is 14.5. The Kier molecular flexibility index (Phi) is 7.48. The Morgan fingerprint density at radius 3 is 2.80 bits per heavy atom. The highest BCUT2D eigenvalue weighted by molar-refractivity contribution is 9.10. The number of nitrogens with zero attached hydrogens (tertiary/aromatic N) is 2. The first-order valence-electron chi connectivity index (χ1n) is 8.94. The summed E-state index contributed by atoms with van der Waals surface area (Å²) >= 11 is 9.63. The van der Waals surface area contributed by atoms with Crippen molar-refractivity contribution in [1.82, 2.24) is 10.2 Å². The van der Waals surface area contributed by atoms with Gasteiger partial charge in [0.1, 0.15) is 0 Å². The van der Waals surface area contributed by atoms with Crippen molar-refractivity contribution in [3.63, 3.8) is 0 Å². The number of benzene rings is 2. The van der Waals surface area contributed by atoms with E-state index in [1.807, 2.05) is 31.2 Å². The fourth-order valence-electron chi connectivity index (χ4n) is 2.55. The lowest BCUT2D eigenvalue weighted by atomic mass is 10.2. The van der Waals surface area contributed by atoms with Crippen LogP contribution in [-0.2, 0) is 16.1 Å². The van der Waals surface area contributed by atoms with E-state index < -0.39 is 5.97 Å². The molecule has 0 amide bonds. The van der Waals surface area contributed by atoms with Crippen molar-refractivity contribution >= 4 is 39.6 Å². The third kappa shape index (κ3) is 5.40. The highest BCUT2D eigenvalue weighted by Crippen LogP contribution is 2.36. The molecule has 0 spiro atoms. The van der Waals surface area contributed by atoms with Crippen LogP contribution in [0.15, 0.2) is 51.4 Å². The zero-order valence-corrected chi connectivity index (χ0v) is 18.6. The van der Waals surface area contributed by atoms with Gasteiger partial charge in [-0.05, 0) is 58.8 Å². The summed E-state index contributed by atoms with van der Waals surface area (Å²) in [7, 11) is 1.51. The van der Waals surface area contributed by atoms with Crippen LogP contribution in [0.2, 0.25) is 5.02 Å². The molecular weight excluding hydrogens is 476 g/mol. The summed E-state index contributed by atoms with van der Waals surface area (Å²) in [6.07, 6.45) is 2.84. The maximum Gasteiger partial charge on any atom is 0.331 e. The fourth-order valence-corrected chi connectivity index (χ4v) is 3.30. The van der Waals surface area contributed by atoms with Crippen molar-refractivity contribution < 1.29 is 23.4 Å². The predicted molar refractivity (Wildman–Crippen MR) is 115 cm³/mol. The summed E-state index contributed by atoms with van der Waals surface area (Å²) in [4.78, 5) is 12.0. The van der Waals surface area contributed by atoms with Crippen molar-refractivity contribution in [1.29, 1.82) is 0 Å². The van der Waals surface area contributed by atoms with Gasteiger partial charge in [0.15, 0.2) is 18.1 Å². The van der Waals surface area contributed by atoms with Gasteiger partial charge in [0.2, 0.25) is 5.89 Å². The molecule has 0 radical (unpaired) electrons. The number of aromatic nitrogens is 2. The summed E-state index contributed by atoms with van der Waals surface area (Å²) in [6, 6.07) is 10.8. The van der Waals surface area contributed by atoms with Gasteiger partial charge in [-0.25, -0.2) is 4.79 Å². The topological polar surface area (TPSA) is 83.7 Å². The molecule has 0 atom stereocenters. The molecule has 1 aromatic heterocycles. The van der Waals surface area contributed by atoms with Crippen LogP contribution >= 0.6 is 27.5 Å². The van der Waals surface area contributed by atoms with E-state index in [0.29, 0.717) is 34.6 Å². The number of methoxy groups -OCH3 is 1. The Bertz CT molecular complexity index is 1070. The molecule has 0 bridgehead atoms. The Morgan fingerprint density at radius 1 is 1.27 bits per heavy atom. The van der Waals surface area contributed by atoms with E-state index in [0.717, 1.165) is 10.0 Å². The average Bonchev–Trinajstić information content (AvgIpc) is 3.20. The van der Waals surface area contributed by atoms with Crippen LogP contribution in [0.1, 0.15) is 18.4 Å². The molecule has 0 aliphatic rings. The number of esters is 1. The lowest BCUT2D eigenvalue weighted by molar-refractivity contribution is -0.139. The molecule has 3 rings (SSSR count). The standard InChI is InChI=1S/C21H18BrClN2O5/c1-3-28-17-11-13(10-16(23)20(17)27-2)8-9-19(26)29-12-18-24-25-21(30-18)14-6-4-5-7-15(14)22/h4-11H,3,12H2,1-2H3. The van der Waals surface area contributed by atoms with E-state index in [2.05, 4.69) is 26.1 Å². The summed E-state index contributed by atoms with van der Waals surface area (Å²) in [5.74, 6) is 0.885. The molecule has 7 nitrogen and oxygen atoms in total. The Labute approximate surface area is 186 Å². The third-order valence-electron chi connectivity index (χ3n) is 3.86. The number of hydrogen-bond donors (Lipinski definition) is 0. The number of hydrogen-bond acceptors (Lipinski definition) is 7. The molecule has 1 heterocycles. The lowest BCUT2D eigenvalue weighted by Gasteiger charge is -2.11. The summed E-state index contributed by atoms with van der Waals surface area (Å²) < 4.78 is 22.3. The summed E-state index contributed by atoms with van der Waals surface area (Å²) in [5, 5.41) is 8.25. The zero-order chi connectivity index (χ0) is 21.5. The first kappa shape index (κ1) is 21.9. The van der Waals surface area contributed by atoms with Gasteiger partial charge in [-0.1, -0.05) is 23.7 Å². The van der Waals surface area contributed by atoms with Crippen LogP contribution in [0.3, 0.4) is 0 Å². The van der Waals surface area contributed by atoms with Crippen molar-refractivity contribution in [3.8, 4) is 23.0 Å². The number of rotatable bonds is 8. The minimum Gasteiger partial charge on any atom is -0.491 e. The van der Waals surface area contributed by atoms with Crippen molar-refractivity contribution in [3.05, 3.63) is 63.4 Å². The second-order valence-corrected chi connectivity index (χ2v) is 7.15. The van der Waals surface area contributed by atoms with Crippen LogP contribution in [0.25, 0.3) is 17.5 Å². The average molecular weight is 494 g/mol. The van der Waals surface area contributed by atoms with E-state index >= 15 is 0 Å². The smallest absolute Gasteiger partial charge is 0.331 e. The summed E-state index contributed by atoms with van der Waals surface area (Å²) in [6.45, 7) is 2.16. The monoisotopic (exact) mass is 492 g/mol. The van der Waals surface area contributed by atoms with Gasteiger partial charge in [-0.2, -0.15) is 0 Å². The van der Waals surface area contributed by atoms with E-state index in [9.17, 15) is 4.79 Å². The van der Waals surface area contributed by atoms with Crippen LogP contribution in [0.4, 0.5) is 0 Å². The second kappa shape index (κ2) is 10.3. The molecule has 0 saturated heterocycles. The molecule has 0 N–H and O–H groups in total. The number of halogens is 2. The first-order valence-corrected chi connectivity index (χ1v) is 10.1. The Morgan fingerprint density at radius 2 is 2.07 bits per heavy atom. The molecule has 2 aromatic carbocycles. The number of ether oxygens (including phenoxy) is 3. The zero-order valence-electron chi connectivity index (χ0n) is 16.2. The minimum absolute atomic E-state index is 0.145. The van der Waals surface area contributed by atoms with Crippen LogP contribution in [0.5, 0.6) is 11.5 Å². The number of carbonyl (C=O) groups excluding carboxylic acids is 1.